The first-order valence-corrected chi connectivity index (χ1v) is 6.96. The number of hydrazine groups is 1. The summed E-state index contributed by atoms with van der Waals surface area (Å²) in [6.45, 7) is 4.45. The molecule has 0 spiro atoms. The van der Waals surface area contributed by atoms with Crippen molar-refractivity contribution >= 4 is 29.0 Å². The third kappa shape index (κ3) is 3.15. The summed E-state index contributed by atoms with van der Waals surface area (Å²) < 4.78 is 0. The monoisotopic (exact) mass is 304 g/mol. The van der Waals surface area contributed by atoms with Crippen molar-refractivity contribution in [2.75, 3.05) is 16.9 Å². The fourth-order valence-electron chi connectivity index (χ4n) is 2.11. The van der Waals surface area contributed by atoms with E-state index in [0.717, 1.165) is 11.3 Å². The Hall–Kier alpha value is -2.11. The fraction of sp³-hybridized carbons (Fsp3) is 0.200. The van der Waals surface area contributed by atoms with Crippen LogP contribution in [0.5, 0.6) is 0 Å². The van der Waals surface area contributed by atoms with Crippen molar-refractivity contribution in [2.45, 2.75) is 13.8 Å². The molecule has 0 aliphatic rings. The number of anilines is 2. The Bertz CT molecular complexity index is 660. The Morgan fingerprint density at radius 1 is 1.43 bits per heavy atom. The van der Waals surface area contributed by atoms with Crippen LogP contribution in [0.1, 0.15) is 22.8 Å². The Morgan fingerprint density at radius 3 is 2.71 bits per heavy atom. The van der Waals surface area contributed by atoms with Crippen molar-refractivity contribution in [3.05, 3.63) is 52.7 Å². The number of nitrogens with one attached hydrogen (secondary N) is 1. The number of carbonyl (C=O) groups is 1. The van der Waals surface area contributed by atoms with Crippen molar-refractivity contribution in [3.8, 4) is 0 Å². The number of aromatic nitrogens is 1. The third-order valence-electron chi connectivity index (χ3n) is 3.19. The molecule has 0 atom stereocenters. The first kappa shape index (κ1) is 15.3. The summed E-state index contributed by atoms with van der Waals surface area (Å²) >= 11 is 6.02. The number of nitrogens with zero attached hydrogens (tertiary/aromatic N) is 2. The van der Waals surface area contributed by atoms with Crippen LogP contribution in [0.15, 0.2) is 36.5 Å². The van der Waals surface area contributed by atoms with Crippen LogP contribution in [0.25, 0.3) is 0 Å². The summed E-state index contributed by atoms with van der Waals surface area (Å²) in [4.78, 5) is 18.4. The Balaban J connectivity index is 2.37. The highest BCUT2D eigenvalue weighted by Crippen LogP contribution is 2.24. The molecule has 1 aromatic carbocycles. The van der Waals surface area contributed by atoms with Crippen molar-refractivity contribution in [3.63, 3.8) is 0 Å². The Morgan fingerprint density at radius 2 is 2.14 bits per heavy atom. The van der Waals surface area contributed by atoms with E-state index in [-0.39, 0.29) is 5.91 Å². The minimum Gasteiger partial charge on any atom is -0.308 e. The van der Waals surface area contributed by atoms with Crippen LogP contribution in [0.3, 0.4) is 0 Å². The largest absolute Gasteiger partial charge is 0.308 e. The van der Waals surface area contributed by atoms with E-state index in [2.05, 4.69) is 10.4 Å². The second kappa shape index (κ2) is 6.56. The standard InChI is InChI=1S/C15H17ClN4O/c1-3-20(13-7-5-4-6-10(13)2)15(21)11-8-12(16)14(19-17)18-9-11/h4-9H,3,17H2,1-2H3,(H,18,19). The number of hydrogen-bond donors (Lipinski definition) is 2. The van der Waals surface area contributed by atoms with Gasteiger partial charge in [-0.05, 0) is 31.5 Å². The number of halogens is 1. The lowest BCUT2D eigenvalue weighted by Crippen LogP contribution is -2.31. The Labute approximate surface area is 128 Å². The average molecular weight is 305 g/mol. The van der Waals surface area contributed by atoms with Gasteiger partial charge in [0, 0.05) is 18.4 Å². The maximum absolute atomic E-state index is 12.7. The third-order valence-corrected chi connectivity index (χ3v) is 3.48. The molecule has 0 fully saturated rings. The first-order chi connectivity index (χ1) is 10.1. The molecule has 5 nitrogen and oxygen atoms in total. The number of aryl methyl sites for hydroxylation is 1. The molecule has 2 aromatic rings. The number of para-hydroxylation sites is 1. The van der Waals surface area contributed by atoms with Gasteiger partial charge in [0.05, 0.1) is 10.6 Å². The molecule has 0 radical (unpaired) electrons. The van der Waals surface area contributed by atoms with E-state index >= 15 is 0 Å². The molecule has 0 aliphatic heterocycles. The highest BCUT2D eigenvalue weighted by atomic mass is 35.5. The summed E-state index contributed by atoms with van der Waals surface area (Å²) in [5, 5.41) is 0.309. The zero-order chi connectivity index (χ0) is 15.4. The zero-order valence-corrected chi connectivity index (χ0v) is 12.7. The van der Waals surface area contributed by atoms with Crippen LogP contribution in [0.2, 0.25) is 5.02 Å². The first-order valence-electron chi connectivity index (χ1n) is 6.58. The maximum atomic E-state index is 12.7. The molecule has 110 valence electrons. The van der Waals surface area contributed by atoms with Gasteiger partial charge in [-0.25, -0.2) is 10.8 Å². The smallest absolute Gasteiger partial charge is 0.259 e. The van der Waals surface area contributed by atoms with E-state index < -0.39 is 0 Å². The molecule has 0 bridgehead atoms. The van der Waals surface area contributed by atoms with Gasteiger partial charge in [0.1, 0.15) is 0 Å². The van der Waals surface area contributed by atoms with Crippen LogP contribution in [-0.4, -0.2) is 17.4 Å². The van der Waals surface area contributed by atoms with Crippen molar-refractivity contribution in [1.82, 2.24) is 4.98 Å². The number of nitrogens with two attached hydrogens (primary N) is 1. The van der Waals surface area contributed by atoms with Gasteiger partial charge in [0.2, 0.25) is 0 Å². The quantitative estimate of drug-likeness (QED) is 0.673. The van der Waals surface area contributed by atoms with Gasteiger partial charge in [0.15, 0.2) is 5.82 Å². The minimum atomic E-state index is -0.148. The molecule has 2 rings (SSSR count). The van der Waals surface area contributed by atoms with Crippen LogP contribution < -0.4 is 16.2 Å². The molecular weight excluding hydrogens is 288 g/mol. The van der Waals surface area contributed by atoms with Crippen molar-refractivity contribution in [1.29, 1.82) is 0 Å². The van der Waals surface area contributed by atoms with Crippen LogP contribution in [-0.2, 0) is 0 Å². The number of rotatable bonds is 4. The van der Waals surface area contributed by atoms with E-state index in [4.69, 9.17) is 17.4 Å². The number of benzene rings is 1. The lowest BCUT2D eigenvalue weighted by Gasteiger charge is -2.23. The fourth-order valence-corrected chi connectivity index (χ4v) is 2.33. The normalized spacial score (nSPS) is 10.3. The molecule has 1 amide bonds. The molecule has 0 aliphatic carbocycles. The summed E-state index contributed by atoms with van der Waals surface area (Å²) in [5.41, 5.74) is 4.71. The van der Waals surface area contributed by atoms with E-state index in [1.807, 2.05) is 38.1 Å². The highest BCUT2D eigenvalue weighted by molar-refractivity contribution is 6.33. The van der Waals surface area contributed by atoms with Crippen LogP contribution in [0.4, 0.5) is 11.5 Å². The lowest BCUT2D eigenvalue weighted by molar-refractivity contribution is 0.0988. The van der Waals surface area contributed by atoms with Crippen LogP contribution in [0, 0.1) is 6.92 Å². The number of amides is 1. The van der Waals surface area contributed by atoms with Gasteiger partial charge in [-0.3, -0.25) is 4.79 Å². The molecule has 0 saturated heterocycles. The summed E-state index contributed by atoms with van der Waals surface area (Å²) in [6, 6.07) is 9.30. The van der Waals surface area contributed by atoms with Gasteiger partial charge in [-0.1, -0.05) is 29.8 Å². The molecule has 0 saturated carbocycles. The van der Waals surface area contributed by atoms with E-state index in [0.29, 0.717) is 22.9 Å². The van der Waals surface area contributed by atoms with E-state index in [1.54, 1.807) is 11.0 Å². The number of pyridine rings is 1. The van der Waals surface area contributed by atoms with Crippen molar-refractivity contribution < 1.29 is 4.79 Å². The van der Waals surface area contributed by atoms with E-state index in [1.165, 1.54) is 6.20 Å². The summed E-state index contributed by atoms with van der Waals surface area (Å²) in [6.07, 6.45) is 1.46. The topological polar surface area (TPSA) is 71.2 Å². The highest BCUT2D eigenvalue weighted by Gasteiger charge is 2.18. The maximum Gasteiger partial charge on any atom is 0.259 e. The predicted octanol–water partition coefficient (Wildman–Crippen LogP) is 3.00. The molecule has 21 heavy (non-hydrogen) atoms. The number of nitrogen functional groups attached to an aromatic ring is 1. The molecule has 6 heteroatoms. The molecule has 1 aromatic heterocycles. The number of hydrogen-bond acceptors (Lipinski definition) is 4. The van der Waals surface area contributed by atoms with Crippen molar-refractivity contribution in [2.24, 2.45) is 5.84 Å². The lowest BCUT2D eigenvalue weighted by atomic mass is 10.1. The molecule has 3 N–H and O–H groups in total. The summed E-state index contributed by atoms with van der Waals surface area (Å²) in [5.74, 6) is 5.47. The molecule has 0 unspecified atom stereocenters. The van der Waals surface area contributed by atoms with Gasteiger partial charge in [-0.15, -0.1) is 0 Å². The van der Waals surface area contributed by atoms with Gasteiger partial charge in [-0.2, -0.15) is 0 Å². The minimum absolute atomic E-state index is 0.148. The van der Waals surface area contributed by atoms with Gasteiger partial charge in [0.25, 0.3) is 5.91 Å². The SMILES string of the molecule is CCN(C(=O)c1cnc(NN)c(Cl)c1)c1ccccc1C. The van der Waals surface area contributed by atoms with Gasteiger partial charge >= 0.3 is 0 Å². The predicted molar refractivity (Wildman–Crippen MR) is 85.6 cm³/mol. The van der Waals surface area contributed by atoms with E-state index in [9.17, 15) is 4.79 Å². The zero-order valence-electron chi connectivity index (χ0n) is 11.9. The molecular formula is C15H17ClN4O. The number of carbonyl (C=O) groups excluding carboxylic acids is 1. The van der Waals surface area contributed by atoms with Gasteiger partial charge < -0.3 is 10.3 Å². The average Bonchev–Trinajstić information content (AvgIpc) is 2.49. The summed E-state index contributed by atoms with van der Waals surface area (Å²) in [7, 11) is 0. The Kier molecular flexibility index (Phi) is 4.77. The molecule has 1 heterocycles. The second-order valence-corrected chi connectivity index (χ2v) is 4.94. The van der Waals surface area contributed by atoms with Crippen LogP contribution >= 0.6 is 11.6 Å². The second-order valence-electron chi connectivity index (χ2n) is 4.53.